The quantitative estimate of drug-likeness (QED) is 0.754. The number of halogens is 3. The van der Waals surface area contributed by atoms with E-state index in [1.807, 2.05) is 4.90 Å². The molecule has 0 aliphatic carbocycles. The first kappa shape index (κ1) is 14.0. The minimum absolute atomic E-state index is 0.0580. The molecular weight excluding hydrogens is 293 g/mol. The highest BCUT2D eigenvalue weighted by atomic mass is 35.5. The second-order valence-electron chi connectivity index (χ2n) is 4.54. The van der Waals surface area contributed by atoms with Crippen LogP contribution in [0.25, 0.3) is 0 Å². The molecular formula is C13H14Cl3NO. The Morgan fingerprint density at radius 1 is 1.39 bits per heavy atom. The van der Waals surface area contributed by atoms with E-state index < -0.39 is 0 Å². The van der Waals surface area contributed by atoms with E-state index in [0.29, 0.717) is 34.0 Å². The van der Waals surface area contributed by atoms with Gasteiger partial charge in [-0.3, -0.25) is 4.79 Å². The van der Waals surface area contributed by atoms with Gasteiger partial charge in [-0.15, -0.1) is 11.6 Å². The van der Waals surface area contributed by atoms with Crippen molar-refractivity contribution >= 4 is 40.7 Å². The Balaban J connectivity index is 2.17. The number of hydrogen-bond donors (Lipinski definition) is 0. The van der Waals surface area contributed by atoms with E-state index >= 15 is 0 Å². The molecule has 1 saturated heterocycles. The molecule has 1 amide bonds. The number of piperidine rings is 1. The minimum Gasteiger partial charge on any atom is -0.338 e. The molecule has 1 aliphatic heterocycles. The van der Waals surface area contributed by atoms with Crippen LogP contribution in [0.1, 0.15) is 23.2 Å². The van der Waals surface area contributed by atoms with Crippen LogP contribution < -0.4 is 0 Å². The Bertz CT molecular complexity index is 450. The van der Waals surface area contributed by atoms with Gasteiger partial charge in [0.15, 0.2) is 0 Å². The second-order valence-corrected chi connectivity index (χ2v) is 5.69. The highest BCUT2D eigenvalue weighted by Crippen LogP contribution is 2.25. The van der Waals surface area contributed by atoms with Gasteiger partial charge < -0.3 is 4.90 Å². The summed E-state index contributed by atoms with van der Waals surface area (Å²) in [5.41, 5.74) is 0.472. The summed E-state index contributed by atoms with van der Waals surface area (Å²) in [5, 5.41) is 0.964. The van der Waals surface area contributed by atoms with E-state index in [1.165, 1.54) is 0 Å². The van der Waals surface area contributed by atoms with E-state index in [2.05, 4.69) is 0 Å². The molecule has 98 valence electrons. The first-order valence-corrected chi connectivity index (χ1v) is 7.21. The number of benzene rings is 1. The van der Waals surface area contributed by atoms with Crippen LogP contribution in [0.5, 0.6) is 0 Å². The summed E-state index contributed by atoms with van der Waals surface area (Å²) < 4.78 is 0. The maximum Gasteiger partial charge on any atom is 0.255 e. The Kier molecular flexibility index (Phi) is 4.77. The largest absolute Gasteiger partial charge is 0.338 e. The van der Waals surface area contributed by atoms with Gasteiger partial charge in [-0.2, -0.15) is 0 Å². The lowest BCUT2D eigenvalue weighted by Crippen LogP contribution is -2.40. The van der Waals surface area contributed by atoms with Crippen LogP contribution in [0.3, 0.4) is 0 Å². The first-order chi connectivity index (χ1) is 8.61. The number of nitrogens with zero attached hydrogens (tertiary/aromatic N) is 1. The third-order valence-corrected chi connectivity index (χ3v) is 4.18. The first-order valence-electron chi connectivity index (χ1n) is 5.92. The fourth-order valence-corrected chi connectivity index (χ4v) is 2.83. The summed E-state index contributed by atoms with van der Waals surface area (Å²) >= 11 is 17.8. The van der Waals surface area contributed by atoms with Crippen molar-refractivity contribution in [1.82, 2.24) is 4.90 Å². The molecule has 1 unspecified atom stereocenters. The summed E-state index contributed by atoms with van der Waals surface area (Å²) in [6.07, 6.45) is 2.07. The standard InChI is InChI=1S/C13H14Cl3NO/c14-7-9-2-1-5-17(8-9)13(18)11-6-10(15)3-4-12(11)16/h3-4,6,9H,1-2,5,7-8H2. The molecule has 0 N–H and O–H groups in total. The van der Waals surface area contributed by atoms with E-state index in [-0.39, 0.29) is 5.91 Å². The molecule has 0 saturated carbocycles. The van der Waals surface area contributed by atoms with Gasteiger partial charge in [-0.1, -0.05) is 23.2 Å². The summed E-state index contributed by atoms with van der Waals surface area (Å²) in [4.78, 5) is 14.2. The molecule has 1 aliphatic rings. The number of rotatable bonds is 2. The molecule has 0 radical (unpaired) electrons. The van der Waals surface area contributed by atoms with Gasteiger partial charge in [-0.25, -0.2) is 0 Å². The zero-order valence-electron chi connectivity index (χ0n) is 9.83. The molecule has 1 atom stereocenters. The molecule has 2 nitrogen and oxygen atoms in total. The summed E-state index contributed by atoms with van der Waals surface area (Å²) in [6.45, 7) is 1.46. The average Bonchev–Trinajstić information content (AvgIpc) is 2.41. The fourth-order valence-electron chi connectivity index (χ4n) is 2.21. The van der Waals surface area contributed by atoms with E-state index in [1.54, 1.807) is 18.2 Å². The summed E-state index contributed by atoms with van der Waals surface area (Å²) in [5.74, 6) is 0.909. The number of carbonyl (C=O) groups is 1. The molecule has 18 heavy (non-hydrogen) atoms. The van der Waals surface area contributed by atoms with Crippen LogP contribution in [0.4, 0.5) is 0 Å². The molecule has 1 aromatic carbocycles. The van der Waals surface area contributed by atoms with Crippen molar-refractivity contribution in [3.8, 4) is 0 Å². The highest BCUT2D eigenvalue weighted by Gasteiger charge is 2.25. The lowest BCUT2D eigenvalue weighted by Gasteiger charge is -2.32. The third-order valence-electron chi connectivity index (χ3n) is 3.18. The number of carbonyl (C=O) groups excluding carboxylic acids is 1. The van der Waals surface area contributed by atoms with Crippen molar-refractivity contribution in [2.24, 2.45) is 5.92 Å². The van der Waals surface area contributed by atoms with Crippen LogP contribution in [0.2, 0.25) is 10.0 Å². The zero-order valence-corrected chi connectivity index (χ0v) is 12.1. The molecule has 0 spiro atoms. The molecule has 0 bridgehead atoms. The van der Waals surface area contributed by atoms with Crippen LogP contribution in [-0.2, 0) is 0 Å². The molecule has 0 aromatic heterocycles. The van der Waals surface area contributed by atoms with Crippen molar-refractivity contribution in [3.63, 3.8) is 0 Å². The van der Waals surface area contributed by atoms with Crippen molar-refractivity contribution in [2.75, 3.05) is 19.0 Å². The number of hydrogen-bond acceptors (Lipinski definition) is 1. The van der Waals surface area contributed by atoms with Gasteiger partial charge in [0.2, 0.25) is 0 Å². The molecule has 2 rings (SSSR count). The van der Waals surface area contributed by atoms with Gasteiger partial charge in [0.1, 0.15) is 0 Å². The number of amides is 1. The number of likely N-dealkylation sites (tertiary alicyclic amines) is 1. The van der Waals surface area contributed by atoms with Crippen LogP contribution in [0.15, 0.2) is 18.2 Å². The van der Waals surface area contributed by atoms with Crippen molar-refractivity contribution in [1.29, 1.82) is 0 Å². The fraction of sp³-hybridized carbons (Fsp3) is 0.462. The maximum absolute atomic E-state index is 12.4. The van der Waals surface area contributed by atoms with Gasteiger partial charge in [-0.05, 0) is 37.0 Å². The third kappa shape index (κ3) is 3.11. The van der Waals surface area contributed by atoms with Crippen molar-refractivity contribution < 1.29 is 4.79 Å². The SMILES string of the molecule is O=C(c1cc(Cl)ccc1Cl)N1CCCC(CCl)C1. The maximum atomic E-state index is 12.4. The summed E-state index contributed by atoms with van der Waals surface area (Å²) in [6, 6.07) is 4.95. The van der Waals surface area contributed by atoms with Crippen LogP contribution in [0, 0.1) is 5.92 Å². The lowest BCUT2D eigenvalue weighted by molar-refractivity contribution is 0.0685. The van der Waals surface area contributed by atoms with Gasteiger partial charge in [0, 0.05) is 24.0 Å². The normalized spacial score (nSPS) is 19.9. The summed E-state index contributed by atoms with van der Waals surface area (Å²) in [7, 11) is 0. The molecule has 5 heteroatoms. The Morgan fingerprint density at radius 2 is 2.17 bits per heavy atom. The van der Waals surface area contributed by atoms with E-state index in [4.69, 9.17) is 34.8 Å². The van der Waals surface area contributed by atoms with Gasteiger partial charge >= 0.3 is 0 Å². The predicted octanol–water partition coefficient (Wildman–Crippen LogP) is 4.08. The second kappa shape index (κ2) is 6.14. The zero-order chi connectivity index (χ0) is 13.1. The van der Waals surface area contributed by atoms with Crippen molar-refractivity contribution in [2.45, 2.75) is 12.8 Å². The predicted molar refractivity (Wildman–Crippen MR) is 75.8 cm³/mol. The average molecular weight is 307 g/mol. The Morgan fingerprint density at radius 3 is 2.89 bits per heavy atom. The minimum atomic E-state index is -0.0580. The smallest absolute Gasteiger partial charge is 0.255 e. The van der Waals surface area contributed by atoms with Gasteiger partial charge in [0.25, 0.3) is 5.91 Å². The van der Waals surface area contributed by atoms with Crippen LogP contribution in [-0.4, -0.2) is 29.8 Å². The van der Waals surface area contributed by atoms with Crippen molar-refractivity contribution in [3.05, 3.63) is 33.8 Å². The number of alkyl halides is 1. The molecule has 1 heterocycles. The Hall–Kier alpha value is -0.440. The highest BCUT2D eigenvalue weighted by molar-refractivity contribution is 6.35. The lowest BCUT2D eigenvalue weighted by atomic mass is 9.99. The van der Waals surface area contributed by atoms with Gasteiger partial charge in [0.05, 0.1) is 10.6 Å². The van der Waals surface area contributed by atoms with E-state index in [0.717, 1.165) is 19.4 Å². The molecule has 1 aromatic rings. The van der Waals surface area contributed by atoms with Crippen LogP contribution >= 0.6 is 34.8 Å². The van der Waals surface area contributed by atoms with E-state index in [9.17, 15) is 4.79 Å². The Labute approximate surface area is 122 Å². The molecule has 1 fully saturated rings. The monoisotopic (exact) mass is 305 g/mol. The topological polar surface area (TPSA) is 20.3 Å².